The summed E-state index contributed by atoms with van der Waals surface area (Å²) in [6, 6.07) is 13.3. The number of anilines is 2. The van der Waals surface area contributed by atoms with Gasteiger partial charge in [-0.1, -0.05) is 12.0 Å². The van der Waals surface area contributed by atoms with E-state index in [1.165, 1.54) is 4.57 Å². The van der Waals surface area contributed by atoms with Gasteiger partial charge in [-0.15, -0.1) is 0 Å². The fraction of sp³-hybridized carbons (Fsp3) is 0.467. The molecule has 2 aromatic heterocycles. The number of hydrogen-bond acceptors (Lipinski definition) is 6. The largest absolute Gasteiger partial charge is 0.406 e. The van der Waals surface area contributed by atoms with Crippen LogP contribution in [0.4, 0.5) is 24.5 Å². The molecule has 1 fully saturated rings. The lowest BCUT2D eigenvalue weighted by atomic mass is 9.91. The fourth-order valence-electron chi connectivity index (χ4n) is 4.81. The maximum absolute atomic E-state index is 13.5. The maximum Gasteiger partial charge on any atom is 0.406 e. The fourth-order valence-corrected chi connectivity index (χ4v) is 5.25. The number of aromatic nitrogens is 2. The number of hydrogen-bond donors (Lipinski definition) is 2. The van der Waals surface area contributed by atoms with Crippen molar-refractivity contribution < 1.29 is 13.2 Å². The van der Waals surface area contributed by atoms with Gasteiger partial charge in [-0.25, -0.2) is 0 Å². The molecule has 3 heterocycles. The molecule has 1 saturated heterocycles. The molecule has 6 nitrogen and oxygen atoms in total. The molecule has 2 N–H and O–H groups in total. The smallest absolute Gasteiger partial charge is 0.382 e. The van der Waals surface area contributed by atoms with Gasteiger partial charge in [0.25, 0.3) is 0 Å². The number of likely N-dealkylation sites (tertiary alicyclic amines) is 1. The third-order valence-corrected chi connectivity index (χ3v) is 7.71. The molecule has 1 aliphatic rings. The summed E-state index contributed by atoms with van der Waals surface area (Å²) in [7, 11) is 0. The molecule has 4 rings (SSSR count). The minimum Gasteiger partial charge on any atom is -0.382 e. The van der Waals surface area contributed by atoms with Crippen molar-refractivity contribution in [2.45, 2.75) is 50.9 Å². The van der Waals surface area contributed by atoms with Gasteiger partial charge in [0.1, 0.15) is 6.54 Å². The normalized spacial score (nSPS) is 14.9. The predicted molar refractivity (Wildman–Crippen MR) is 158 cm³/mol. The molecule has 0 bridgehead atoms. The monoisotopic (exact) mass is 568 g/mol. The van der Waals surface area contributed by atoms with Crippen LogP contribution in [-0.4, -0.2) is 64.9 Å². The zero-order valence-electron chi connectivity index (χ0n) is 23.1. The molecular weight excluding hydrogens is 533 g/mol. The van der Waals surface area contributed by atoms with Gasteiger partial charge in [0.2, 0.25) is 0 Å². The molecule has 0 spiro atoms. The van der Waals surface area contributed by atoms with E-state index in [1.807, 2.05) is 23.9 Å². The topological polar surface area (TPSA) is 68.9 Å². The number of fused-ring (bicyclic) bond motifs is 1. The Morgan fingerprint density at radius 3 is 2.58 bits per heavy atom. The number of benzene rings is 1. The number of piperidine rings is 1. The molecule has 40 heavy (non-hydrogen) atoms. The lowest BCUT2D eigenvalue weighted by Crippen LogP contribution is -2.40. The lowest BCUT2D eigenvalue weighted by molar-refractivity contribution is -0.140. The van der Waals surface area contributed by atoms with Gasteiger partial charge in [-0.3, -0.25) is 4.98 Å². The number of thioether (sulfide) groups is 1. The highest BCUT2D eigenvalue weighted by molar-refractivity contribution is 7.98. The zero-order valence-corrected chi connectivity index (χ0v) is 23.9. The first-order valence-corrected chi connectivity index (χ1v) is 14.8. The quantitative estimate of drug-likeness (QED) is 0.304. The third-order valence-electron chi connectivity index (χ3n) is 7.12. The second kappa shape index (κ2) is 12.9. The molecule has 0 aliphatic carbocycles. The van der Waals surface area contributed by atoms with E-state index in [9.17, 15) is 18.4 Å². The van der Waals surface area contributed by atoms with Gasteiger partial charge in [0.05, 0.1) is 46.8 Å². The number of nitrogens with one attached hydrogen (secondary N) is 2. The summed E-state index contributed by atoms with van der Waals surface area (Å²) in [5, 5.41) is 16.7. The highest BCUT2D eigenvalue weighted by atomic mass is 32.2. The molecular formula is C30H35F3N6S. The van der Waals surface area contributed by atoms with Crippen LogP contribution in [-0.2, 0) is 12.0 Å². The molecule has 3 aromatic rings. The molecule has 10 heteroatoms. The van der Waals surface area contributed by atoms with E-state index in [0.29, 0.717) is 22.6 Å². The van der Waals surface area contributed by atoms with Crippen LogP contribution in [0, 0.1) is 23.2 Å². The van der Waals surface area contributed by atoms with E-state index in [4.69, 9.17) is 0 Å². The van der Waals surface area contributed by atoms with Crippen molar-refractivity contribution in [1.82, 2.24) is 14.5 Å². The highest BCUT2D eigenvalue weighted by Gasteiger charge is 2.30. The number of alkyl halides is 3. The molecule has 0 radical (unpaired) electrons. The average molecular weight is 569 g/mol. The van der Waals surface area contributed by atoms with Crippen molar-refractivity contribution in [2.24, 2.45) is 0 Å². The van der Waals surface area contributed by atoms with Gasteiger partial charge < -0.3 is 20.1 Å². The number of pyridine rings is 1. The SMILES string of the molecule is CSCCN1CCC(Nc2cccc3c2cc(C#CCNc2ccc(C(C)(C)C#N)nc2)n3CC(F)(F)F)CC1. The van der Waals surface area contributed by atoms with Gasteiger partial charge in [0.15, 0.2) is 0 Å². The molecule has 0 saturated carbocycles. The van der Waals surface area contributed by atoms with Crippen molar-refractivity contribution in [3.63, 3.8) is 0 Å². The molecule has 1 aliphatic heterocycles. The van der Waals surface area contributed by atoms with Crippen LogP contribution in [0.25, 0.3) is 10.9 Å². The number of rotatable bonds is 9. The van der Waals surface area contributed by atoms with E-state index < -0.39 is 18.1 Å². The van der Waals surface area contributed by atoms with E-state index in [0.717, 1.165) is 49.3 Å². The van der Waals surface area contributed by atoms with Crippen LogP contribution < -0.4 is 10.6 Å². The van der Waals surface area contributed by atoms with E-state index in [1.54, 1.807) is 44.3 Å². The van der Waals surface area contributed by atoms with Gasteiger partial charge >= 0.3 is 6.18 Å². The zero-order chi connectivity index (χ0) is 28.8. The van der Waals surface area contributed by atoms with Gasteiger partial charge in [-0.05, 0) is 69.2 Å². The first-order chi connectivity index (χ1) is 19.1. The average Bonchev–Trinajstić information content (AvgIpc) is 3.27. The Morgan fingerprint density at radius 2 is 1.93 bits per heavy atom. The summed E-state index contributed by atoms with van der Waals surface area (Å²) in [5.74, 6) is 7.02. The molecule has 212 valence electrons. The Kier molecular flexibility index (Phi) is 9.55. The van der Waals surface area contributed by atoms with Gasteiger partial charge in [-0.2, -0.15) is 30.2 Å². The molecule has 0 atom stereocenters. The maximum atomic E-state index is 13.5. The van der Waals surface area contributed by atoms with Crippen molar-refractivity contribution in [1.29, 1.82) is 5.26 Å². The minimum atomic E-state index is -4.38. The van der Waals surface area contributed by atoms with E-state index in [-0.39, 0.29) is 12.6 Å². The first-order valence-electron chi connectivity index (χ1n) is 13.4. The Morgan fingerprint density at radius 1 is 1.15 bits per heavy atom. The van der Waals surface area contributed by atoms with Crippen LogP contribution in [0.15, 0.2) is 42.6 Å². The summed E-state index contributed by atoms with van der Waals surface area (Å²) in [6.07, 6.45) is 1.36. The molecule has 0 unspecified atom stereocenters. The van der Waals surface area contributed by atoms with Gasteiger partial charge in [0, 0.05) is 42.5 Å². The van der Waals surface area contributed by atoms with Crippen LogP contribution >= 0.6 is 11.8 Å². The lowest BCUT2D eigenvalue weighted by Gasteiger charge is -2.32. The summed E-state index contributed by atoms with van der Waals surface area (Å²) >= 11 is 1.85. The van der Waals surface area contributed by atoms with Crippen LogP contribution in [0.2, 0.25) is 0 Å². The van der Waals surface area contributed by atoms with Crippen molar-refractivity contribution in [3.05, 3.63) is 54.0 Å². The summed E-state index contributed by atoms with van der Waals surface area (Å²) < 4.78 is 41.9. The molecule has 1 aromatic carbocycles. The number of nitrogens with zero attached hydrogens (tertiary/aromatic N) is 4. The standard InChI is InChI=1S/C30H35F3N6S/c1-29(2,20-34)28-10-9-23(19-36-28)35-13-5-6-24-18-25-26(7-4-8-27(25)39(24)21-30(31,32)33)37-22-11-14-38(15-12-22)16-17-40-3/h4,7-10,18-19,22,35,37H,11-17,21H2,1-3H3. The third kappa shape index (κ3) is 7.65. The second-order valence-electron chi connectivity index (χ2n) is 10.5. The van der Waals surface area contributed by atoms with Crippen LogP contribution in [0.1, 0.15) is 38.1 Å². The van der Waals surface area contributed by atoms with E-state index in [2.05, 4.69) is 44.7 Å². The number of halogens is 3. The number of nitriles is 1. The predicted octanol–water partition coefficient (Wildman–Crippen LogP) is 6.10. The summed E-state index contributed by atoms with van der Waals surface area (Å²) in [4.78, 5) is 6.81. The Bertz CT molecular complexity index is 1390. The first kappa shape index (κ1) is 29.6. The summed E-state index contributed by atoms with van der Waals surface area (Å²) in [5.41, 5.74) is 2.36. The molecule has 0 amide bonds. The second-order valence-corrected chi connectivity index (χ2v) is 11.5. The van der Waals surface area contributed by atoms with Crippen molar-refractivity contribution >= 4 is 34.0 Å². The van der Waals surface area contributed by atoms with Crippen LogP contribution in [0.3, 0.4) is 0 Å². The highest BCUT2D eigenvalue weighted by Crippen LogP contribution is 2.31. The Hall–Kier alpha value is -3.34. The van der Waals surface area contributed by atoms with Crippen LogP contribution in [0.5, 0.6) is 0 Å². The Balaban J connectivity index is 1.50. The Labute approximate surface area is 238 Å². The minimum absolute atomic E-state index is 0.233. The van der Waals surface area contributed by atoms with Crippen molar-refractivity contribution in [2.75, 3.05) is 48.8 Å². The van der Waals surface area contributed by atoms with Crippen molar-refractivity contribution in [3.8, 4) is 17.9 Å². The van der Waals surface area contributed by atoms with E-state index >= 15 is 0 Å². The summed E-state index contributed by atoms with van der Waals surface area (Å²) in [6.45, 7) is 5.84.